The van der Waals surface area contributed by atoms with Crippen LogP contribution < -0.4 is 0 Å². The first-order chi connectivity index (χ1) is 11.9. The second-order valence-corrected chi connectivity index (χ2v) is 5.42. The lowest BCUT2D eigenvalue weighted by molar-refractivity contribution is 0.0323. The van der Waals surface area contributed by atoms with Gasteiger partial charge in [0.25, 0.3) is 0 Å². The van der Waals surface area contributed by atoms with E-state index in [1.165, 1.54) is 19.3 Å². The Kier molecular flexibility index (Phi) is 20.9. The van der Waals surface area contributed by atoms with Crippen molar-refractivity contribution < 1.29 is 9.53 Å². The molecule has 0 unspecified atom stereocenters. The maximum Gasteiger partial charge on any atom is 0.410 e. The zero-order chi connectivity index (χ0) is 18.6. The Morgan fingerprint density at radius 1 is 1.00 bits per heavy atom. The molecule has 5 heteroatoms. The Morgan fingerprint density at radius 2 is 1.58 bits per heavy atom. The number of carbonyl (C=O) groups excluding carboxylic acids is 1. The van der Waals surface area contributed by atoms with Crippen molar-refractivity contribution >= 4 is 17.4 Å². The third-order valence-electron chi connectivity index (χ3n) is 3.28. The van der Waals surface area contributed by atoms with Gasteiger partial charge in [-0.15, -0.1) is 11.3 Å². The van der Waals surface area contributed by atoms with Gasteiger partial charge in [0.05, 0.1) is 5.51 Å². The quantitative estimate of drug-likeness (QED) is 0.584. The van der Waals surface area contributed by atoms with Gasteiger partial charge >= 0.3 is 6.09 Å². The fourth-order valence-electron chi connectivity index (χ4n) is 2.07. The highest BCUT2D eigenvalue weighted by Crippen LogP contribution is 2.21. The summed E-state index contributed by atoms with van der Waals surface area (Å²) in [6.07, 6.45) is 8.91. The number of amides is 1. The van der Waals surface area contributed by atoms with Gasteiger partial charge in [-0.2, -0.15) is 0 Å². The van der Waals surface area contributed by atoms with Crippen LogP contribution in [0, 0.1) is 0 Å². The summed E-state index contributed by atoms with van der Waals surface area (Å²) in [7, 11) is 0. The third-order valence-corrected chi connectivity index (χ3v) is 3.80. The molecule has 24 heavy (non-hydrogen) atoms. The Morgan fingerprint density at radius 3 is 1.92 bits per heavy atom. The van der Waals surface area contributed by atoms with E-state index in [-0.39, 0.29) is 12.2 Å². The largest absolute Gasteiger partial charge is 0.446 e. The van der Waals surface area contributed by atoms with Crippen molar-refractivity contribution in [2.75, 3.05) is 13.1 Å². The monoisotopic (exact) mass is 358 g/mol. The zero-order valence-corrected chi connectivity index (χ0v) is 17.4. The van der Waals surface area contributed by atoms with E-state index in [1.54, 1.807) is 27.9 Å². The van der Waals surface area contributed by atoms with Crippen molar-refractivity contribution in [2.24, 2.45) is 0 Å². The second-order valence-electron chi connectivity index (χ2n) is 4.66. The standard InChI is InChI=1S/C10H17NO2.C3H3NS.3C2H6/c12-10(11-7-4-8-11)13-9-5-2-1-3-6-9;1-2-5-3-4-1;3*1-2/h9H,1-8H2;1-3H;3*1-2H3. The van der Waals surface area contributed by atoms with Crippen LogP contribution >= 0.6 is 11.3 Å². The summed E-state index contributed by atoms with van der Waals surface area (Å²) in [6, 6.07) is 0. The summed E-state index contributed by atoms with van der Waals surface area (Å²) in [5.41, 5.74) is 1.79. The van der Waals surface area contributed by atoms with Gasteiger partial charge in [-0.1, -0.05) is 48.0 Å². The fourth-order valence-corrected chi connectivity index (χ4v) is 2.43. The molecular weight excluding hydrogens is 320 g/mol. The highest BCUT2D eigenvalue weighted by Gasteiger charge is 2.25. The first-order valence-electron chi connectivity index (χ1n) is 9.64. The molecule has 1 amide bonds. The van der Waals surface area contributed by atoms with Crippen LogP contribution in [0.15, 0.2) is 17.1 Å². The van der Waals surface area contributed by atoms with Gasteiger partial charge < -0.3 is 9.64 Å². The molecule has 4 nitrogen and oxygen atoms in total. The van der Waals surface area contributed by atoms with Crippen LogP contribution in [0.25, 0.3) is 0 Å². The summed E-state index contributed by atoms with van der Waals surface area (Å²) in [6.45, 7) is 13.8. The molecule has 3 rings (SSSR count). The number of hydrogen-bond donors (Lipinski definition) is 0. The molecule has 0 N–H and O–H groups in total. The predicted molar refractivity (Wildman–Crippen MR) is 106 cm³/mol. The average Bonchev–Trinajstić information content (AvgIpc) is 3.19. The molecule has 1 aliphatic heterocycles. The van der Waals surface area contributed by atoms with Gasteiger partial charge in [0, 0.05) is 24.7 Å². The van der Waals surface area contributed by atoms with E-state index in [4.69, 9.17) is 4.74 Å². The number of nitrogens with zero attached hydrogens (tertiary/aromatic N) is 2. The number of hydrogen-bond acceptors (Lipinski definition) is 4. The first-order valence-corrected chi connectivity index (χ1v) is 10.6. The summed E-state index contributed by atoms with van der Waals surface area (Å²) in [5.74, 6) is 0. The summed E-state index contributed by atoms with van der Waals surface area (Å²) in [5, 5.41) is 1.93. The molecular formula is C19H38N2O2S. The molecule has 142 valence electrons. The maximum absolute atomic E-state index is 11.4. The maximum atomic E-state index is 11.4. The highest BCUT2D eigenvalue weighted by atomic mass is 32.1. The molecule has 1 aromatic heterocycles. The second kappa shape index (κ2) is 19.9. The summed E-state index contributed by atoms with van der Waals surface area (Å²) >= 11 is 1.60. The highest BCUT2D eigenvalue weighted by molar-refractivity contribution is 7.07. The van der Waals surface area contributed by atoms with Crippen molar-refractivity contribution in [1.29, 1.82) is 0 Å². The topological polar surface area (TPSA) is 42.4 Å². The van der Waals surface area contributed by atoms with Gasteiger partial charge in [-0.3, -0.25) is 4.98 Å². The zero-order valence-electron chi connectivity index (χ0n) is 16.6. The van der Waals surface area contributed by atoms with E-state index in [2.05, 4.69) is 4.98 Å². The molecule has 1 saturated heterocycles. The molecule has 0 aromatic carbocycles. The molecule has 1 aliphatic carbocycles. The third kappa shape index (κ3) is 12.3. The van der Waals surface area contributed by atoms with Gasteiger partial charge in [0.1, 0.15) is 6.10 Å². The molecule has 0 bridgehead atoms. The Labute approximate surface area is 153 Å². The number of rotatable bonds is 1. The SMILES string of the molecule is CC.CC.CC.O=C(OC1CCCCC1)N1CCC1.c1cscn1. The smallest absolute Gasteiger partial charge is 0.410 e. The minimum Gasteiger partial charge on any atom is -0.446 e. The van der Waals surface area contributed by atoms with E-state index in [1.807, 2.05) is 46.9 Å². The van der Waals surface area contributed by atoms with Gasteiger partial charge in [0.2, 0.25) is 0 Å². The fraction of sp³-hybridized carbons (Fsp3) is 0.789. The van der Waals surface area contributed by atoms with Crippen molar-refractivity contribution in [3.63, 3.8) is 0 Å². The summed E-state index contributed by atoms with van der Waals surface area (Å²) < 4.78 is 5.38. The number of likely N-dealkylation sites (tertiary alicyclic amines) is 1. The van der Waals surface area contributed by atoms with Crippen LogP contribution in [0.1, 0.15) is 80.1 Å². The van der Waals surface area contributed by atoms with E-state index >= 15 is 0 Å². The van der Waals surface area contributed by atoms with E-state index < -0.39 is 0 Å². The molecule has 1 aromatic rings. The van der Waals surface area contributed by atoms with Gasteiger partial charge in [0.15, 0.2) is 0 Å². The minimum atomic E-state index is -0.0850. The van der Waals surface area contributed by atoms with Crippen LogP contribution in [0.5, 0.6) is 0 Å². The van der Waals surface area contributed by atoms with E-state index in [0.29, 0.717) is 0 Å². The van der Waals surface area contributed by atoms with E-state index in [0.717, 1.165) is 32.4 Å². The molecule has 2 aliphatic rings. The number of aromatic nitrogens is 1. The lowest BCUT2D eigenvalue weighted by Crippen LogP contribution is -2.43. The molecule has 1 saturated carbocycles. The lowest BCUT2D eigenvalue weighted by atomic mass is 9.98. The van der Waals surface area contributed by atoms with Gasteiger partial charge in [-0.25, -0.2) is 4.79 Å². The lowest BCUT2D eigenvalue weighted by Gasteiger charge is -2.32. The molecule has 2 heterocycles. The molecule has 0 spiro atoms. The van der Waals surface area contributed by atoms with Crippen molar-refractivity contribution in [1.82, 2.24) is 9.88 Å². The predicted octanol–water partition coefficient (Wildman–Crippen LogP) is 6.38. The number of ether oxygens (including phenoxy) is 1. The number of thiazole rings is 1. The van der Waals surface area contributed by atoms with Crippen LogP contribution in [-0.2, 0) is 4.74 Å². The average molecular weight is 359 g/mol. The van der Waals surface area contributed by atoms with E-state index in [9.17, 15) is 4.79 Å². The van der Waals surface area contributed by atoms with Gasteiger partial charge in [-0.05, 0) is 32.1 Å². The first kappa shape index (κ1) is 25.1. The number of carbonyl (C=O) groups is 1. The minimum absolute atomic E-state index is 0.0850. The summed E-state index contributed by atoms with van der Waals surface area (Å²) in [4.78, 5) is 16.9. The van der Waals surface area contributed by atoms with Crippen LogP contribution in [0.4, 0.5) is 4.79 Å². The normalized spacial score (nSPS) is 15.3. The Hall–Kier alpha value is -1.10. The van der Waals surface area contributed by atoms with Crippen LogP contribution in [0.3, 0.4) is 0 Å². The Balaban J connectivity index is 0. The van der Waals surface area contributed by atoms with Crippen molar-refractivity contribution in [2.45, 2.75) is 86.2 Å². The van der Waals surface area contributed by atoms with Crippen LogP contribution in [0.2, 0.25) is 0 Å². The van der Waals surface area contributed by atoms with Crippen LogP contribution in [-0.4, -0.2) is 35.2 Å². The Bertz CT molecular complexity index is 318. The molecule has 0 radical (unpaired) electrons. The molecule has 2 fully saturated rings. The van der Waals surface area contributed by atoms with Crippen molar-refractivity contribution in [3.8, 4) is 0 Å². The van der Waals surface area contributed by atoms with Crippen molar-refractivity contribution in [3.05, 3.63) is 17.1 Å². The molecule has 0 atom stereocenters.